The van der Waals surface area contributed by atoms with Crippen LogP contribution in [0.15, 0.2) is 6.20 Å². The molecule has 5 nitrogen and oxygen atoms in total. The second-order valence-electron chi connectivity index (χ2n) is 2.15. The number of hydrogen-bond acceptors (Lipinski definition) is 5. The van der Waals surface area contributed by atoms with Gasteiger partial charge in [-0.15, -0.1) is 0 Å². The molecule has 1 aromatic rings. The molecule has 0 saturated carbocycles. The fourth-order valence-electron chi connectivity index (χ4n) is 0.738. The molecular weight excluding hydrogens is 194 g/mol. The van der Waals surface area contributed by atoms with Crippen molar-refractivity contribution >= 4 is 23.4 Å². The molecule has 13 heavy (non-hydrogen) atoms. The lowest BCUT2D eigenvalue weighted by Gasteiger charge is -2.02. The number of nitrogens with two attached hydrogens (primary N) is 1. The van der Waals surface area contributed by atoms with Crippen molar-refractivity contribution in [1.29, 1.82) is 0 Å². The van der Waals surface area contributed by atoms with E-state index in [1.807, 2.05) is 0 Å². The van der Waals surface area contributed by atoms with Crippen LogP contribution in [-0.4, -0.2) is 22.5 Å². The first-order valence-corrected chi connectivity index (χ1v) is 3.98. The number of nitrogen functional groups attached to an aromatic ring is 1. The smallest absolute Gasteiger partial charge is 0.360 e. The van der Waals surface area contributed by atoms with Crippen molar-refractivity contribution in [1.82, 2.24) is 9.97 Å². The minimum absolute atomic E-state index is 0.00810. The number of anilines is 1. The van der Waals surface area contributed by atoms with Crippen LogP contribution in [0.3, 0.4) is 0 Å². The van der Waals surface area contributed by atoms with Gasteiger partial charge in [0, 0.05) is 0 Å². The summed E-state index contributed by atoms with van der Waals surface area (Å²) in [4.78, 5) is 18.5. The topological polar surface area (TPSA) is 78.1 Å². The van der Waals surface area contributed by atoms with E-state index in [1.165, 1.54) is 6.20 Å². The summed E-state index contributed by atoms with van der Waals surface area (Å²) < 4.78 is 4.68. The highest BCUT2D eigenvalue weighted by atomic mass is 35.5. The van der Waals surface area contributed by atoms with Crippen LogP contribution in [-0.2, 0) is 4.74 Å². The van der Waals surface area contributed by atoms with E-state index in [-0.39, 0.29) is 23.3 Å². The molecule has 0 bridgehead atoms. The number of carbonyl (C=O) groups is 1. The van der Waals surface area contributed by atoms with E-state index in [9.17, 15) is 4.79 Å². The van der Waals surface area contributed by atoms with E-state index in [0.717, 1.165) is 0 Å². The Morgan fingerprint density at radius 3 is 3.00 bits per heavy atom. The van der Waals surface area contributed by atoms with E-state index in [0.29, 0.717) is 0 Å². The van der Waals surface area contributed by atoms with Crippen LogP contribution in [0.25, 0.3) is 0 Å². The molecule has 0 saturated heterocycles. The van der Waals surface area contributed by atoms with Gasteiger partial charge in [0.25, 0.3) is 0 Å². The zero-order valence-electron chi connectivity index (χ0n) is 6.95. The van der Waals surface area contributed by atoms with Gasteiger partial charge >= 0.3 is 5.97 Å². The average molecular weight is 202 g/mol. The van der Waals surface area contributed by atoms with Gasteiger partial charge < -0.3 is 10.5 Å². The zero-order valence-corrected chi connectivity index (χ0v) is 7.71. The maximum atomic E-state index is 11.1. The van der Waals surface area contributed by atoms with Crippen molar-refractivity contribution in [2.45, 2.75) is 6.92 Å². The van der Waals surface area contributed by atoms with Crippen molar-refractivity contribution < 1.29 is 9.53 Å². The highest BCUT2D eigenvalue weighted by molar-refractivity contribution is 6.29. The average Bonchev–Trinajstić information content (AvgIpc) is 2.04. The van der Waals surface area contributed by atoms with Crippen LogP contribution in [0.1, 0.15) is 17.4 Å². The van der Waals surface area contributed by atoms with Crippen LogP contribution in [0.4, 0.5) is 5.82 Å². The molecule has 1 rings (SSSR count). The molecule has 0 atom stereocenters. The van der Waals surface area contributed by atoms with Gasteiger partial charge in [-0.05, 0) is 6.92 Å². The van der Waals surface area contributed by atoms with Crippen molar-refractivity contribution in [2.24, 2.45) is 0 Å². The molecule has 0 aromatic carbocycles. The highest BCUT2D eigenvalue weighted by Gasteiger charge is 2.13. The third kappa shape index (κ3) is 2.29. The summed E-state index contributed by atoms with van der Waals surface area (Å²) in [6, 6.07) is 0. The Morgan fingerprint density at radius 1 is 1.77 bits per heavy atom. The first-order chi connectivity index (χ1) is 6.15. The fourth-order valence-corrected chi connectivity index (χ4v) is 0.877. The quantitative estimate of drug-likeness (QED) is 0.719. The summed E-state index contributed by atoms with van der Waals surface area (Å²) in [6.07, 6.45) is 1.24. The maximum absolute atomic E-state index is 11.1. The maximum Gasteiger partial charge on any atom is 0.360 e. The zero-order chi connectivity index (χ0) is 9.84. The Labute approximate surface area is 79.9 Å². The molecule has 0 amide bonds. The van der Waals surface area contributed by atoms with Gasteiger partial charge in [0.05, 0.1) is 12.8 Å². The van der Waals surface area contributed by atoms with Crippen LogP contribution in [0.2, 0.25) is 5.15 Å². The van der Waals surface area contributed by atoms with Gasteiger partial charge in [-0.3, -0.25) is 0 Å². The first-order valence-electron chi connectivity index (χ1n) is 3.60. The van der Waals surface area contributed by atoms with Crippen LogP contribution in [0, 0.1) is 0 Å². The van der Waals surface area contributed by atoms with Crippen molar-refractivity contribution in [2.75, 3.05) is 12.3 Å². The summed E-state index contributed by atoms with van der Waals surface area (Å²) in [5.41, 5.74) is 5.39. The summed E-state index contributed by atoms with van der Waals surface area (Å²) in [6.45, 7) is 1.96. The minimum atomic E-state index is -0.593. The number of nitrogens with zero attached hydrogens (tertiary/aromatic N) is 2. The molecule has 0 spiro atoms. The normalized spacial score (nSPS) is 9.69. The SMILES string of the molecule is CCOC(=O)c1ncc(Cl)nc1N. The molecular formula is C7H8ClN3O2. The van der Waals surface area contributed by atoms with Gasteiger partial charge in [0.2, 0.25) is 0 Å². The molecule has 0 aliphatic heterocycles. The monoisotopic (exact) mass is 201 g/mol. The van der Waals surface area contributed by atoms with E-state index >= 15 is 0 Å². The number of aromatic nitrogens is 2. The number of hydrogen-bond donors (Lipinski definition) is 1. The van der Waals surface area contributed by atoms with Crippen molar-refractivity contribution in [3.8, 4) is 0 Å². The molecule has 2 N–H and O–H groups in total. The first kappa shape index (κ1) is 9.73. The summed E-state index contributed by atoms with van der Waals surface area (Å²) >= 11 is 5.49. The minimum Gasteiger partial charge on any atom is -0.461 e. The van der Waals surface area contributed by atoms with E-state index in [1.54, 1.807) is 6.92 Å². The highest BCUT2D eigenvalue weighted by Crippen LogP contribution is 2.10. The number of halogens is 1. The Morgan fingerprint density at radius 2 is 2.46 bits per heavy atom. The van der Waals surface area contributed by atoms with E-state index in [2.05, 4.69) is 14.7 Å². The van der Waals surface area contributed by atoms with Crippen LogP contribution in [0.5, 0.6) is 0 Å². The molecule has 0 fully saturated rings. The van der Waals surface area contributed by atoms with Gasteiger partial charge in [0.1, 0.15) is 5.15 Å². The molecule has 6 heteroatoms. The second-order valence-corrected chi connectivity index (χ2v) is 2.53. The van der Waals surface area contributed by atoms with E-state index in [4.69, 9.17) is 17.3 Å². The Balaban J connectivity index is 2.95. The molecule has 0 unspecified atom stereocenters. The molecule has 1 heterocycles. The third-order valence-corrected chi connectivity index (χ3v) is 1.42. The van der Waals surface area contributed by atoms with Gasteiger partial charge in [-0.2, -0.15) is 0 Å². The van der Waals surface area contributed by atoms with Gasteiger partial charge in [-0.1, -0.05) is 11.6 Å². The lowest BCUT2D eigenvalue weighted by molar-refractivity contribution is 0.0520. The number of carbonyl (C=O) groups excluding carboxylic acids is 1. The Bertz CT molecular complexity index is 330. The summed E-state index contributed by atoms with van der Waals surface area (Å²) in [7, 11) is 0. The predicted octanol–water partition coefficient (Wildman–Crippen LogP) is 0.889. The summed E-state index contributed by atoms with van der Waals surface area (Å²) in [5.74, 6) is -0.616. The molecule has 1 aromatic heterocycles. The largest absolute Gasteiger partial charge is 0.461 e. The number of esters is 1. The second kappa shape index (κ2) is 4.04. The molecule has 0 radical (unpaired) electrons. The van der Waals surface area contributed by atoms with Gasteiger partial charge in [0.15, 0.2) is 11.5 Å². The Hall–Kier alpha value is -1.36. The van der Waals surface area contributed by atoms with Crippen LogP contribution >= 0.6 is 11.6 Å². The molecule has 0 aliphatic rings. The number of rotatable bonds is 2. The molecule has 70 valence electrons. The predicted molar refractivity (Wildman–Crippen MR) is 47.4 cm³/mol. The van der Waals surface area contributed by atoms with Gasteiger partial charge in [-0.25, -0.2) is 14.8 Å². The number of ether oxygens (including phenoxy) is 1. The standard InChI is InChI=1S/C7H8ClN3O2/c1-2-13-7(12)5-6(9)11-4(8)3-10-5/h3H,2H2,1H3,(H2,9,11). The lowest BCUT2D eigenvalue weighted by atomic mass is 10.4. The van der Waals surface area contributed by atoms with Crippen molar-refractivity contribution in [3.63, 3.8) is 0 Å². The Kier molecular flexibility index (Phi) is 3.02. The lowest BCUT2D eigenvalue weighted by Crippen LogP contribution is -2.11. The van der Waals surface area contributed by atoms with Crippen molar-refractivity contribution in [3.05, 3.63) is 17.0 Å². The van der Waals surface area contributed by atoms with E-state index < -0.39 is 5.97 Å². The summed E-state index contributed by atoms with van der Waals surface area (Å²) in [5, 5.41) is 0.144. The molecule has 0 aliphatic carbocycles. The fraction of sp³-hybridized carbons (Fsp3) is 0.286. The third-order valence-electron chi connectivity index (χ3n) is 1.24. The van der Waals surface area contributed by atoms with Crippen LogP contribution < -0.4 is 5.73 Å².